The minimum absolute atomic E-state index is 0.260. The number of aliphatic hydroxyl groups is 1. The Morgan fingerprint density at radius 1 is 1.14 bits per heavy atom. The molecule has 4 aromatic rings. The van der Waals surface area contributed by atoms with Gasteiger partial charge in [-0.2, -0.15) is 0 Å². The number of rotatable bonds is 5. The summed E-state index contributed by atoms with van der Waals surface area (Å²) in [5.41, 5.74) is 4.21. The minimum atomic E-state index is -0.380. The highest BCUT2D eigenvalue weighted by atomic mass is 16.5. The van der Waals surface area contributed by atoms with Gasteiger partial charge in [-0.15, -0.1) is 5.10 Å². The van der Waals surface area contributed by atoms with Gasteiger partial charge in [-0.05, 0) is 47.9 Å². The number of carbonyl (C=O) groups excluding carboxylic acids is 1. The van der Waals surface area contributed by atoms with E-state index in [-0.39, 0.29) is 17.7 Å². The van der Waals surface area contributed by atoms with Gasteiger partial charge in [0.1, 0.15) is 12.3 Å². The molecule has 2 N–H and O–H groups in total. The number of amides is 1. The van der Waals surface area contributed by atoms with E-state index in [1.54, 1.807) is 29.3 Å². The number of aromatic nitrogens is 7. The average Bonchev–Trinajstić information content (AvgIpc) is 3.29. The van der Waals surface area contributed by atoms with Crippen molar-refractivity contribution in [3.8, 4) is 22.8 Å². The first kappa shape index (κ1) is 21.9. The number of nitrogens with zero attached hydrogens (tertiary/aromatic N) is 8. The summed E-state index contributed by atoms with van der Waals surface area (Å²) in [7, 11) is 0. The number of aliphatic hydroxyl groups excluding tert-OH is 1. The van der Waals surface area contributed by atoms with Gasteiger partial charge in [0.05, 0.1) is 53.5 Å². The third-order valence-electron chi connectivity index (χ3n) is 7.06. The van der Waals surface area contributed by atoms with Crippen LogP contribution in [0.15, 0.2) is 43.0 Å². The van der Waals surface area contributed by atoms with E-state index in [4.69, 9.17) is 4.74 Å². The van der Waals surface area contributed by atoms with Crippen molar-refractivity contribution in [3.63, 3.8) is 0 Å². The number of hydrogen-bond acceptors (Lipinski definition) is 9. The second kappa shape index (κ2) is 8.66. The third-order valence-corrected chi connectivity index (χ3v) is 7.06. The normalized spacial score (nSPS) is 18.6. The van der Waals surface area contributed by atoms with Gasteiger partial charge in [0.15, 0.2) is 11.6 Å². The molecule has 1 aromatic carbocycles. The average molecular weight is 500 g/mol. The monoisotopic (exact) mass is 499 g/mol. The molecular formula is C25H25N9O3. The largest absolute Gasteiger partial charge is 0.489 e. The van der Waals surface area contributed by atoms with Gasteiger partial charge in [0.25, 0.3) is 5.91 Å². The molecule has 12 nitrogen and oxygen atoms in total. The number of tetrazole rings is 1. The van der Waals surface area contributed by atoms with Crippen LogP contribution in [-0.2, 0) is 6.54 Å². The molecule has 3 aliphatic rings. The summed E-state index contributed by atoms with van der Waals surface area (Å²) in [6, 6.07) is 7.25. The molecule has 0 bridgehead atoms. The Bertz CT molecular complexity index is 1490. The maximum absolute atomic E-state index is 13.4. The summed E-state index contributed by atoms with van der Waals surface area (Å²) in [6.45, 7) is 2.13. The fourth-order valence-corrected chi connectivity index (χ4v) is 4.97. The quantitative estimate of drug-likeness (QED) is 0.423. The van der Waals surface area contributed by atoms with Crippen LogP contribution in [0.4, 0.5) is 11.4 Å². The smallest absolute Gasteiger partial charge is 0.274 e. The number of pyridine rings is 1. The van der Waals surface area contributed by atoms with Crippen molar-refractivity contribution < 1.29 is 14.6 Å². The molecule has 5 heterocycles. The van der Waals surface area contributed by atoms with Gasteiger partial charge in [0, 0.05) is 25.2 Å². The summed E-state index contributed by atoms with van der Waals surface area (Å²) in [4.78, 5) is 24.6. The van der Waals surface area contributed by atoms with Crippen LogP contribution < -0.4 is 15.0 Å². The number of fused-ring (bicyclic) bond motifs is 3. The molecule has 1 amide bonds. The number of carbonyl (C=O) groups is 1. The zero-order chi connectivity index (χ0) is 24.9. The lowest BCUT2D eigenvalue weighted by Crippen LogP contribution is -2.24. The summed E-state index contributed by atoms with van der Waals surface area (Å²) in [5.74, 6) is 1.26. The Hall–Kier alpha value is -4.32. The van der Waals surface area contributed by atoms with Crippen molar-refractivity contribution in [2.24, 2.45) is 0 Å². The van der Waals surface area contributed by atoms with Crippen LogP contribution in [0, 0.1) is 0 Å². The summed E-state index contributed by atoms with van der Waals surface area (Å²) in [6.07, 6.45) is 8.14. The summed E-state index contributed by atoms with van der Waals surface area (Å²) >= 11 is 0. The second-order valence-corrected chi connectivity index (χ2v) is 9.64. The highest BCUT2D eigenvalue weighted by Crippen LogP contribution is 2.40. The molecule has 0 unspecified atom stereocenters. The molecule has 1 aliphatic carbocycles. The van der Waals surface area contributed by atoms with Crippen LogP contribution in [0.5, 0.6) is 5.75 Å². The highest BCUT2D eigenvalue weighted by molar-refractivity contribution is 6.05. The summed E-state index contributed by atoms with van der Waals surface area (Å²) < 4.78 is 9.60. The Labute approximate surface area is 211 Å². The van der Waals surface area contributed by atoms with E-state index in [9.17, 15) is 9.90 Å². The van der Waals surface area contributed by atoms with Crippen molar-refractivity contribution in [3.05, 3.63) is 54.4 Å². The molecule has 12 heteroatoms. The molecule has 2 aliphatic heterocycles. The molecule has 0 radical (unpaired) electrons. The molecule has 2 fully saturated rings. The van der Waals surface area contributed by atoms with Crippen LogP contribution in [0.25, 0.3) is 17.1 Å². The van der Waals surface area contributed by atoms with Crippen LogP contribution in [0.3, 0.4) is 0 Å². The molecular weight excluding hydrogens is 474 g/mol. The van der Waals surface area contributed by atoms with Crippen LogP contribution in [0.1, 0.15) is 41.4 Å². The van der Waals surface area contributed by atoms with Crippen molar-refractivity contribution in [2.75, 3.05) is 29.9 Å². The van der Waals surface area contributed by atoms with Gasteiger partial charge in [-0.3, -0.25) is 4.79 Å². The fourth-order valence-electron chi connectivity index (χ4n) is 4.97. The zero-order valence-electron chi connectivity index (χ0n) is 20.0. The Morgan fingerprint density at radius 2 is 2.05 bits per heavy atom. The van der Waals surface area contributed by atoms with E-state index in [0.29, 0.717) is 54.9 Å². The minimum Gasteiger partial charge on any atom is -0.489 e. The Kier molecular flexibility index (Phi) is 5.13. The number of nitrogens with one attached hydrogen (secondary N) is 1. The topological polar surface area (TPSA) is 136 Å². The first-order valence-electron chi connectivity index (χ1n) is 12.4. The van der Waals surface area contributed by atoms with E-state index in [0.717, 1.165) is 36.5 Å². The maximum atomic E-state index is 13.4. The number of ether oxygens (including phenoxy) is 1. The van der Waals surface area contributed by atoms with Crippen LogP contribution >= 0.6 is 0 Å². The standard InChI is InChI=1S/C25H25N9O3/c35-16-6-7-32(12-16)22-11-26-19(10-21(22)33-13-20(27-14-33)15-4-5-15)25(36)28-18-3-1-2-17-23(18)37-9-8-34-24(17)29-30-31-34/h1-3,10-11,13-16,35H,4-9,12H2,(H,28,36)/t16-/m0/s1. The number of anilines is 2. The first-order chi connectivity index (χ1) is 18.1. The number of benzene rings is 1. The fraction of sp³-hybridized carbons (Fsp3) is 0.360. The van der Waals surface area contributed by atoms with Crippen LogP contribution in [-0.4, -0.2) is 71.6 Å². The van der Waals surface area contributed by atoms with Crippen molar-refractivity contribution >= 4 is 17.3 Å². The lowest BCUT2D eigenvalue weighted by molar-refractivity contribution is 0.102. The molecule has 188 valence electrons. The molecule has 1 saturated carbocycles. The van der Waals surface area contributed by atoms with Gasteiger partial charge >= 0.3 is 0 Å². The van der Waals surface area contributed by atoms with Gasteiger partial charge < -0.3 is 24.6 Å². The number of imidazole rings is 1. The zero-order valence-corrected chi connectivity index (χ0v) is 20.0. The van der Waals surface area contributed by atoms with E-state index >= 15 is 0 Å². The van der Waals surface area contributed by atoms with Crippen molar-refractivity contribution in [1.29, 1.82) is 0 Å². The van der Waals surface area contributed by atoms with E-state index in [1.807, 2.05) is 22.9 Å². The highest BCUT2D eigenvalue weighted by Gasteiger charge is 2.28. The van der Waals surface area contributed by atoms with Gasteiger partial charge in [-0.1, -0.05) is 6.07 Å². The summed E-state index contributed by atoms with van der Waals surface area (Å²) in [5, 5.41) is 25.0. The number of para-hydroxylation sites is 1. The van der Waals surface area contributed by atoms with E-state index < -0.39 is 0 Å². The molecule has 0 spiro atoms. The molecule has 37 heavy (non-hydrogen) atoms. The maximum Gasteiger partial charge on any atom is 0.274 e. The predicted octanol–water partition coefficient (Wildman–Crippen LogP) is 2.01. The molecule has 1 saturated heterocycles. The first-order valence-corrected chi connectivity index (χ1v) is 12.4. The molecule has 7 rings (SSSR count). The Morgan fingerprint density at radius 3 is 2.89 bits per heavy atom. The SMILES string of the molecule is O=C(Nc1cccc2c1OCCn1nnnc1-2)c1cc(-n2cnc(C3CC3)c2)c(N2CC[C@H](O)C2)cn1. The number of β-amino-alcohol motifs (C(OH)–C–C–N with tert-alkyl or cyclic N) is 1. The van der Waals surface area contributed by atoms with Crippen molar-refractivity contribution in [1.82, 2.24) is 34.7 Å². The predicted molar refractivity (Wildman–Crippen MR) is 133 cm³/mol. The van der Waals surface area contributed by atoms with Gasteiger partial charge in [-0.25, -0.2) is 14.6 Å². The molecule has 1 atom stereocenters. The molecule has 3 aromatic heterocycles. The third kappa shape index (κ3) is 3.99. The number of hydrogen-bond donors (Lipinski definition) is 2. The van der Waals surface area contributed by atoms with E-state index in [2.05, 4.69) is 35.7 Å². The van der Waals surface area contributed by atoms with Gasteiger partial charge in [0.2, 0.25) is 0 Å². The lowest BCUT2D eigenvalue weighted by atomic mass is 10.1. The van der Waals surface area contributed by atoms with Crippen LogP contribution in [0.2, 0.25) is 0 Å². The van der Waals surface area contributed by atoms with Crippen molar-refractivity contribution in [2.45, 2.75) is 37.8 Å². The second-order valence-electron chi connectivity index (χ2n) is 9.64. The van der Waals surface area contributed by atoms with E-state index in [1.165, 1.54) is 0 Å². The Balaban J connectivity index is 1.23. The lowest BCUT2D eigenvalue weighted by Gasteiger charge is -2.22.